The van der Waals surface area contributed by atoms with Crippen LogP contribution in [0.4, 0.5) is 38.0 Å². The number of anilines is 2. The van der Waals surface area contributed by atoms with Crippen molar-refractivity contribution in [3.63, 3.8) is 0 Å². The standard InChI is InChI=1S/C21H16F6N8/c1-10(18(31-9-29)35-16-4-3-12(7-28)8-30-16)32-19-14-5-13(20(22,23)24)6-15(21(25,26)27)17(14)33-11(2)34-19/h3-6,8-10H,1-2H3,(H,32,33,34)(H2,29,30,31,35). The van der Waals surface area contributed by atoms with Gasteiger partial charge in [0.05, 0.1) is 28.2 Å². The van der Waals surface area contributed by atoms with Crippen molar-refractivity contribution in [2.75, 3.05) is 10.6 Å². The van der Waals surface area contributed by atoms with Crippen LogP contribution < -0.4 is 10.6 Å². The second kappa shape index (κ2) is 9.53. The number of pyridine rings is 1. The van der Waals surface area contributed by atoms with Gasteiger partial charge < -0.3 is 10.6 Å². The topological polar surface area (TPSA) is 123 Å². The van der Waals surface area contributed by atoms with Crippen LogP contribution in [0.25, 0.3) is 10.9 Å². The maximum Gasteiger partial charge on any atom is 0.418 e. The molecule has 0 amide bonds. The Morgan fingerprint density at radius 2 is 1.86 bits per heavy atom. The normalized spacial score (nSPS) is 13.3. The Bertz CT molecular complexity index is 1320. The third-order valence-corrected chi connectivity index (χ3v) is 4.66. The maximum absolute atomic E-state index is 13.6. The Morgan fingerprint density at radius 1 is 1.14 bits per heavy atom. The van der Waals surface area contributed by atoms with Gasteiger partial charge >= 0.3 is 12.4 Å². The Kier molecular flexibility index (Phi) is 6.90. The summed E-state index contributed by atoms with van der Waals surface area (Å²) >= 11 is 0. The first kappa shape index (κ1) is 25.3. The number of nitrogens with zero attached hydrogens (tertiary/aromatic N) is 5. The van der Waals surface area contributed by atoms with Gasteiger partial charge in [0.15, 0.2) is 0 Å². The number of hydrogen-bond acceptors (Lipinski definition) is 6. The lowest BCUT2D eigenvalue weighted by Crippen LogP contribution is -2.33. The van der Waals surface area contributed by atoms with E-state index in [0.29, 0.717) is 12.4 Å². The fourth-order valence-electron chi connectivity index (χ4n) is 3.09. The van der Waals surface area contributed by atoms with Crippen LogP contribution in [0.15, 0.2) is 35.5 Å². The number of nitrogens with one attached hydrogen (secondary N) is 3. The molecule has 1 atom stereocenters. The zero-order valence-corrected chi connectivity index (χ0v) is 18.0. The number of nitriles is 1. The van der Waals surface area contributed by atoms with Crippen molar-refractivity contribution in [3.8, 4) is 6.07 Å². The minimum Gasteiger partial charge on any atom is -0.360 e. The quantitative estimate of drug-likeness (QED) is 0.256. The highest BCUT2D eigenvalue weighted by Gasteiger charge is 2.39. The van der Waals surface area contributed by atoms with Gasteiger partial charge in [0.1, 0.15) is 35.7 Å². The predicted molar refractivity (Wildman–Crippen MR) is 116 cm³/mol. The molecule has 0 saturated heterocycles. The summed E-state index contributed by atoms with van der Waals surface area (Å²) in [5.74, 6) is -0.0982. The number of hydrogen-bond donors (Lipinski definition) is 3. The Labute approximate surface area is 194 Å². The van der Waals surface area contributed by atoms with E-state index in [4.69, 9.17) is 10.7 Å². The molecule has 0 aliphatic carbocycles. The zero-order chi connectivity index (χ0) is 26.0. The van der Waals surface area contributed by atoms with Crippen LogP contribution in [-0.2, 0) is 12.4 Å². The minimum atomic E-state index is -5.10. The second-order valence-electron chi connectivity index (χ2n) is 7.21. The Balaban J connectivity index is 2.08. The molecule has 2 heterocycles. The van der Waals surface area contributed by atoms with Crippen LogP contribution in [0.1, 0.15) is 29.4 Å². The molecule has 2 aromatic heterocycles. The van der Waals surface area contributed by atoms with Gasteiger partial charge in [-0.15, -0.1) is 0 Å². The molecule has 0 aliphatic heterocycles. The van der Waals surface area contributed by atoms with E-state index in [9.17, 15) is 26.3 Å². The second-order valence-corrected chi connectivity index (χ2v) is 7.21. The molecule has 8 nitrogen and oxygen atoms in total. The summed E-state index contributed by atoms with van der Waals surface area (Å²) in [7, 11) is 0. The van der Waals surface area contributed by atoms with Crippen molar-refractivity contribution in [1.29, 1.82) is 10.7 Å². The number of aryl methyl sites for hydroxylation is 1. The molecule has 0 fully saturated rings. The number of benzene rings is 1. The molecule has 14 heteroatoms. The van der Waals surface area contributed by atoms with Gasteiger partial charge in [-0.2, -0.15) is 31.6 Å². The van der Waals surface area contributed by atoms with Gasteiger partial charge in [-0.3, -0.25) is 5.41 Å². The SMILES string of the molecule is Cc1nc(NC(C)/C(=N/C=N)Nc2ccc(C#N)cn2)c2cc(C(F)(F)F)cc(C(F)(F)F)c2n1. The van der Waals surface area contributed by atoms with Gasteiger partial charge in [0.25, 0.3) is 0 Å². The van der Waals surface area contributed by atoms with E-state index in [1.54, 1.807) is 0 Å². The van der Waals surface area contributed by atoms with E-state index in [1.807, 2.05) is 6.07 Å². The fourth-order valence-corrected chi connectivity index (χ4v) is 3.09. The highest BCUT2D eigenvalue weighted by Crippen LogP contribution is 2.40. The zero-order valence-electron chi connectivity index (χ0n) is 18.0. The molecule has 0 radical (unpaired) electrons. The molecule has 0 spiro atoms. The highest BCUT2D eigenvalue weighted by molar-refractivity contribution is 6.04. The number of aliphatic imine (C=N–C) groups is 1. The number of aromatic nitrogens is 3. The van der Waals surface area contributed by atoms with Crippen LogP contribution in [-0.4, -0.2) is 33.2 Å². The van der Waals surface area contributed by atoms with E-state index in [1.165, 1.54) is 32.2 Å². The lowest BCUT2D eigenvalue weighted by molar-refractivity contribution is -0.142. The molecule has 3 N–H and O–H groups in total. The first-order chi connectivity index (χ1) is 16.3. The van der Waals surface area contributed by atoms with Gasteiger partial charge in [0, 0.05) is 11.6 Å². The lowest BCUT2D eigenvalue weighted by Gasteiger charge is -2.21. The predicted octanol–water partition coefficient (Wildman–Crippen LogP) is 5.16. The average Bonchev–Trinajstić information content (AvgIpc) is 2.77. The van der Waals surface area contributed by atoms with E-state index in [2.05, 4.69) is 30.6 Å². The minimum absolute atomic E-state index is 0.0159. The van der Waals surface area contributed by atoms with E-state index >= 15 is 0 Å². The van der Waals surface area contributed by atoms with Crippen LogP contribution in [0.5, 0.6) is 0 Å². The first-order valence-corrected chi connectivity index (χ1v) is 9.76. The summed E-state index contributed by atoms with van der Waals surface area (Å²) in [5.41, 5.74) is -3.46. The Hall–Kier alpha value is -4.28. The van der Waals surface area contributed by atoms with Crippen molar-refractivity contribution in [1.82, 2.24) is 15.0 Å². The molecule has 0 saturated carbocycles. The highest BCUT2D eigenvalue weighted by atomic mass is 19.4. The van der Waals surface area contributed by atoms with E-state index in [-0.39, 0.29) is 34.9 Å². The molecule has 0 bridgehead atoms. The van der Waals surface area contributed by atoms with Crippen molar-refractivity contribution in [2.24, 2.45) is 4.99 Å². The van der Waals surface area contributed by atoms with Crippen LogP contribution in [0, 0.1) is 23.7 Å². The lowest BCUT2D eigenvalue weighted by atomic mass is 10.0. The van der Waals surface area contributed by atoms with Crippen molar-refractivity contribution >= 4 is 34.7 Å². The summed E-state index contributed by atoms with van der Waals surface area (Å²) < 4.78 is 80.9. The average molecular weight is 494 g/mol. The third kappa shape index (κ3) is 5.81. The molecule has 1 unspecified atom stereocenters. The number of fused-ring (bicyclic) bond motifs is 1. The number of amidine groups is 1. The van der Waals surface area contributed by atoms with Crippen LogP contribution >= 0.6 is 0 Å². The van der Waals surface area contributed by atoms with Gasteiger partial charge in [-0.1, -0.05) is 0 Å². The molecule has 0 aliphatic rings. The molecule has 3 rings (SSSR count). The monoisotopic (exact) mass is 494 g/mol. The summed E-state index contributed by atoms with van der Waals surface area (Å²) in [6, 6.07) is 4.50. The smallest absolute Gasteiger partial charge is 0.360 e. The summed E-state index contributed by atoms with van der Waals surface area (Å²) in [4.78, 5) is 15.6. The molecule has 182 valence electrons. The molecular formula is C21H16F6N8. The van der Waals surface area contributed by atoms with Gasteiger partial charge in [-0.25, -0.2) is 19.9 Å². The maximum atomic E-state index is 13.6. The Morgan fingerprint density at radius 3 is 2.40 bits per heavy atom. The van der Waals surface area contributed by atoms with Crippen LogP contribution in [0.2, 0.25) is 0 Å². The van der Waals surface area contributed by atoms with Crippen LogP contribution in [0.3, 0.4) is 0 Å². The number of rotatable bonds is 5. The van der Waals surface area contributed by atoms with Crippen molar-refractivity contribution in [3.05, 3.63) is 53.0 Å². The van der Waals surface area contributed by atoms with Gasteiger partial charge in [0.2, 0.25) is 0 Å². The largest absolute Gasteiger partial charge is 0.418 e. The summed E-state index contributed by atoms with van der Waals surface area (Å²) in [6.07, 6.45) is -8.17. The van der Waals surface area contributed by atoms with E-state index < -0.39 is 40.4 Å². The van der Waals surface area contributed by atoms with E-state index in [0.717, 1.165) is 0 Å². The number of halogens is 6. The van der Waals surface area contributed by atoms with Crippen molar-refractivity contribution in [2.45, 2.75) is 32.2 Å². The summed E-state index contributed by atoms with van der Waals surface area (Å²) in [6.45, 7) is 2.80. The van der Waals surface area contributed by atoms with Gasteiger partial charge in [-0.05, 0) is 38.1 Å². The molecule has 1 aromatic carbocycles. The summed E-state index contributed by atoms with van der Waals surface area (Å²) in [5, 5.41) is 21.2. The number of alkyl halides is 6. The first-order valence-electron chi connectivity index (χ1n) is 9.76. The fraction of sp³-hybridized carbons (Fsp3) is 0.238. The molecule has 35 heavy (non-hydrogen) atoms. The third-order valence-electron chi connectivity index (χ3n) is 4.66. The van der Waals surface area contributed by atoms with Crippen molar-refractivity contribution < 1.29 is 26.3 Å². The molecule has 3 aromatic rings. The molecular weight excluding hydrogens is 478 g/mol.